The quantitative estimate of drug-likeness (QED) is 0.338. The van der Waals surface area contributed by atoms with Gasteiger partial charge in [0.25, 0.3) is 5.91 Å². The molecule has 0 bridgehead atoms. The number of nitrogens with zero attached hydrogens (tertiary/aromatic N) is 2. The van der Waals surface area contributed by atoms with Crippen molar-refractivity contribution in [3.63, 3.8) is 0 Å². The third-order valence-electron chi connectivity index (χ3n) is 7.05. The van der Waals surface area contributed by atoms with Gasteiger partial charge in [0.15, 0.2) is 6.61 Å². The van der Waals surface area contributed by atoms with E-state index in [0.717, 1.165) is 37.6 Å². The Labute approximate surface area is 219 Å². The maximum Gasteiger partial charge on any atom is 0.573 e. The molecule has 204 valence electrons. The number of benzene rings is 2. The molecule has 3 aromatic rings. The molecule has 2 aliphatic carbocycles. The molecule has 0 radical (unpaired) electrons. The zero-order chi connectivity index (χ0) is 27.1. The van der Waals surface area contributed by atoms with E-state index in [0.29, 0.717) is 28.8 Å². The Kier molecular flexibility index (Phi) is 6.92. The molecule has 1 amide bonds. The second kappa shape index (κ2) is 10.0. The second-order valence-corrected chi connectivity index (χ2v) is 11.4. The topological polar surface area (TPSA) is 77.4 Å². The maximum absolute atomic E-state index is 12.6. The number of imidazole rings is 1. The van der Waals surface area contributed by atoms with E-state index in [1.807, 2.05) is 18.2 Å². The molecule has 2 saturated carbocycles. The highest BCUT2D eigenvalue weighted by molar-refractivity contribution is 5.82. The van der Waals surface area contributed by atoms with Crippen LogP contribution in [-0.4, -0.2) is 34.5 Å². The summed E-state index contributed by atoms with van der Waals surface area (Å²) in [7, 11) is 0. The first kappa shape index (κ1) is 26.2. The number of carbonyl (C=O) groups is 1. The van der Waals surface area contributed by atoms with Crippen LogP contribution in [0.15, 0.2) is 42.5 Å². The minimum Gasteiger partial charge on any atom is -0.484 e. The summed E-state index contributed by atoms with van der Waals surface area (Å²) in [6.45, 7) is 6.76. The van der Waals surface area contributed by atoms with Gasteiger partial charge in [0.1, 0.15) is 11.5 Å². The van der Waals surface area contributed by atoms with Gasteiger partial charge in [-0.25, -0.2) is 4.98 Å². The molecule has 0 spiro atoms. The van der Waals surface area contributed by atoms with Gasteiger partial charge in [-0.1, -0.05) is 20.8 Å². The molecule has 7 nitrogen and oxygen atoms in total. The summed E-state index contributed by atoms with van der Waals surface area (Å²) in [6, 6.07) is 11.7. The second-order valence-electron chi connectivity index (χ2n) is 11.4. The fourth-order valence-electron chi connectivity index (χ4n) is 5.63. The molecule has 2 aromatic carbocycles. The van der Waals surface area contributed by atoms with Gasteiger partial charge in [-0.3, -0.25) is 4.79 Å². The third kappa shape index (κ3) is 6.52. The van der Waals surface area contributed by atoms with Crippen molar-refractivity contribution in [1.29, 1.82) is 0 Å². The molecule has 0 saturated heterocycles. The van der Waals surface area contributed by atoms with Gasteiger partial charge in [0, 0.05) is 23.8 Å². The van der Waals surface area contributed by atoms with Crippen LogP contribution in [0.1, 0.15) is 58.9 Å². The monoisotopic (exact) mass is 530 g/mol. The number of hydrogen-bond acceptors (Lipinski definition) is 5. The first-order valence-corrected chi connectivity index (χ1v) is 13.0. The van der Waals surface area contributed by atoms with Crippen LogP contribution in [-0.2, 0) is 4.79 Å². The number of carbonyl (C=O) groups excluding carboxylic acids is 1. The first-order chi connectivity index (χ1) is 17.9. The summed E-state index contributed by atoms with van der Waals surface area (Å²) in [6.07, 6.45) is 0.377. The predicted molar refractivity (Wildman–Crippen MR) is 139 cm³/mol. The van der Waals surface area contributed by atoms with Crippen LogP contribution in [0.2, 0.25) is 0 Å². The Morgan fingerprint density at radius 3 is 2.47 bits per heavy atom. The number of aromatic nitrogens is 2. The number of nitrogens with one attached hydrogen (secondary N) is 2. The normalized spacial score (nSPS) is 21.2. The van der Waals surface area contributed by atoms with Crippen molar-refractivity contribution in [2.75, 3.05) is 11.9 Å². The SMILES string of the molecule is C[C@H]1CC(n2c(Nc3ccc(OC(F)(F)F)cc3)nc3cc(OCC(=O)NC4CC4)ccc32)CC(C)(C)C1. The zero-order valence-electron chi connectivity index (χ0n) is 21.8. The summed E-state index contributed by atoms with van der Waals surface area (Å²) >= 11 is 0. The molecular weight excluding hydrogens is 497 g/mol. The molecule has 2 aliphatic rings. The van der Waals surface area contributed by atoms with E-state index < -0.39 is 6.36 Å². The van der Waals surface area contributed by atoms with Gasteiger partial charge in [-0.05, 0) is 79.8 Å². The van der Waals surface area contributed by atoms with Crippen molar-refractivity contribution >= 4 is 28.6 Å². The molecule has 38 heavy (non-hydrogen) atoms. The lowest BCUT2D eigenvalue weighted by molar-refractivity contribution is -0.274. The fraction of sp³-hybridized carbons (Fsp3) is 0.500. The number of alkyl halides is 3. The third-order valence-corrected chi connectivity index (χ3v) is 7.05. The van der Waals surface area contributed by atoms with Crippen LogP contribution < -0.4 is 20.1 Å². The fourth-order valence-corrected chi connectivity index (χ4v) is 5.63. The van der Waals surface area contributed by atoms with Gasteiger partial charge in [-0.2, -0.15) is 0 Å². The average molecular weight is 531 g/mol. The Balaban J connectivity index is 1.43. The molecule has 5 rings (SSSR count). The Hall–Kier alpha value is -3.43. The van der Waals surface area contributed by atoms with E-state index >= 15 is 0 Å². The molecule has 2 N–H and O–H groups in total. The van der Waals surface area contributed by atoms with Crippen molar-refractivity contribution in [1.82, 2.24) is 14.9 Å². The largest absolute Gasteiger partial charge is 0.573 e. The minimum absolute atomic E-state index is 0.0610. The first-order valence-electron chi connectivity index (χ1n) is 13.0. The van der Waals surface area contributed by atoms with Crippen LogP contribution in [0, 0.1) is 11.3 Å². The molecule has 10 heteroatoms. The van der Waals surface area contributed by atoms with E-state index in [1.54, 1.807) is 0 Å². The Bertz CT molecular complexity index is 1300. The van der Waals surface area contributed by atoms with Crippen LogP contribution in [0.25, 0.3) is 11.0 Å². The minimum atomic E-state index is -4.74. The standard InChI is InChI=1S/C28H33F3N4O3/c1-17-12-20(15-27(2,3)14-17)35-24-11-10-22(37-16-25(36)32-18-4-5-18)13-23(24)34-26(35)33-19-6-8-21(9-7-19)38-28(29,30)31/h6-11,13,17-18,20H,4-5,12,14-16H2,1-3H3,(H,32,36)(H,33,34)/t17-,20?/m0/s1. The average Bonchev–Trinajstić information content (AvgIpc) is 3.54. The van der Waals surface area contributed by atoms with Crippen molar-refractivity contribution < 1.29 is 27.4 Å². The Morgan fingerprint density at radius 1 is 1.11 bits per heavy atom. The van der Waals surface area contributed by atoms with Crippen molar-refractivity contribution in [3.05, 3.63) is 42.5 Å². The summed E-state index contributed by atoms with van der Waals surface area (Å²) in [5.41, 5.74) is 2.38. The smallest absolute Gasteiger partial charge is 0.484 e. The highest BCUT2D eigenvalue weighted by atomic mass is 19.4. The van der Waals surface area contributed by atoms with Crippen molar-refractivity contribution in [2.24, 2.45) is 11.3 Å². The lowest BCUT2D eigenvalue weighted by Crippen LogP contribution is -2.30. The lowest BCUT2D eigenvalue weighted by Gasteiger charge is -2.40. The predicted octanol–water partition coefficient (Wildman–Crippen LogP) is 6.72. The number of hydrogen-bond donors (Lipinski definition) is 2. The molecule has 1 aromatic heterocycles. The molecular formula is C28H33F3N4O3. The van der Waals surface area contributed by atoms with Crippen LogP contribution in [0.5, 0.6) is 11.5 Å². The summed E-state index contributed by atoms with van der Waals surface area (Å²) in [4.78, 5) is 16.9. The van der Waals surface area contributed by atoms with Gasteiger partial charge in [0.05, 0.1) is 11.0 Å². The molecule has 1 heterocycles. The molecule has 1 unspecified atom stereocenters. The van der Waals surface area contributed by atoms with E-state index in [1.165, 1.54) is 24.3 Å². The number of ether oxygens (including phenoxy) is 2. The molecule has 2 fully saturated rings. The number of rotatable bonds is 8. The van der Waals surface area contributed by atoms with E-state index in [2.05, 4.69) is 40.7 Å². The van der Waals surface area contributed by atoms with Crippen LogP contribution >= 0.6 is 0 Å². The van der Waals surface area contributed by atoms with Crippen molar-refractivity contribution in [2.45, 2.75) is 71.3 Å². The van der Waals surface area contributed by atoms with Gasteiger partial charge < -0.3 is 24.7 Å². The number of anilines is 2. The zero-order valence-corrected chi connectivity index (χ0v) is 21.8. The number of halogens is 3. The van der Waals surface area contributed by atoms with Gasteiger partial charge in [0.2, 0.25) is 5.95 Å². The molecule has 0 aliphatic heterocycles. The maximum atomic E-state index is 12.6. The van der Waals surface area contributed by atoms with Gasteiger partial charge >= 0.3 is 6.36 Å². The summed E-state index contributed by atoms with van der Waals surface area (Å²) in [5, 5.41) is 6.21. The van der Waals surface area contributed by atoms with E-state index in [-0.39, 0.29) is 35.8 Å². The van der Waals surface area contributed by atoms with Crippen molar-refractivity contribution in [3.8, 4) is 11.5 Å². The van der Waals surface area contributed by atoms with Crippen LogP contribution in [0.3, 0.4) is 0 Å². The highest BCUT2D eigenvalue weighted by Crippen LogP contribution is 2.46. The van der Waals surface area contributed by atoms with Crippen LogP contribution in [0.4, 0.5) is 24.8 Å². The summed E-state index contributed by atoms with van der Waals surface area (Å²) in [5.74, 6) is 1.25. The Morgan fingerprint density at radius 2 is 1.82 bits per heavy atom. The summed E-state index contributed by atoms with van der Waals surface area (Å²) < 4.78 is 49.6. The number of amides is 1. The van der Waals surface area contributed by atoms with Gasteiger partial charge in [-0.15, -0.1) is 13.2 Å². The van der Waals surface area contributed by atoms with E-state index in [4.69, 9.17) is 9.72 Å². The lowest BCUT2D eigenvalue weighted by atomic mass is 9.70. The number of fused-ring (bicyclic) bond motifs is 1. The van der Waals surface area contributed by atoms with E-state index in [9.17, 15) is 18.0 Å². The highest BCUT2D eigenvalue weighted by Gasteiger charge is 2.35. The molecule has 2 atom stereocenters.